The van der Waals surface area contributed by atoms with E-state index in [2.05, 4.69) is 6.58 Å². The van der Waals surface area contributed by atoms with E-state index in [1.807, 2.05) is 6.92 Å². The van der Waals surface area contributed by atoms with Crippen LogP contribution in [-0.4, -0.2) is 11.2 Å². The minimum Gasteiger partial charge on any atom is -0.389 e. The third kappa shape index (κ3) is 1.55. The van der Waals surface area contributed by atoms with E-state index in [-0.39, 0.29) is 6.10 Å². The van der Waals surface area contributed by atoms with E-state index < -0.39 is 0 Å². The van der Waals surface area contributed by atoms with E-state index in [1.165, 1.54) is 32.1 Å². The number of hydrogen-bond donors (Lipinski definition) is 1. The maximum atomic E-state index is 9.96. The topological polar surface area (TPSA) is 20.2 Å². The van der Waals surface area contributed by atoms with E-state index in [0.29, 0.717) is 0 Å². The molecule has 3 aliphatic carbocycles. The van der Waals surface area contributed by atoms with E-state index in [9.17, 15) is 5.11 Å². The van der Waals surface area contributed by atoms with Gasteiger partial charge in [-0.25, -0.2) is 0 Å². The molecule has 3 fully saturated rings. The van der Waals surface area contributed by atoms with Gasteiger partial charge < -0.3 is 5.11 Å². The zero-order valence-corrected chi connectivity index (χ0v) is 10.4. The molecule has 0 spiro atoms. The molecule has 1 heteroatoms. The van der Waals surface area contributed by atoms with Gasteiger partial charge in [-0.15, -0.1) is 0 Å². The Morgan fingerprint density at radius 1 is 1.25 bits per heavy atom. The van der Waals surface area contributed by atoms with Crippen LogP contribution in [0.2, 0.25) is 0 Å². The Hall–Kier alpha value is -0.300. The Balaban J connectivity index is 1.66. The molecule has 6 atom stereocenters. The highest BCUT2D eigenvalue weighted by atomic mass is 16.3. The van der Waals surface area contributed by atoms with Gasteiger partial charge in [-0.2, -0.15) is 0 Å². The first-order valence-electron chi connectivity index (χ1n) is 7.00. The summed E-state index contributed by atoms with van der Waals surface area (Å²) in [5, 5.41) is 9.96. The zero-order valence-electron chi connectivity index (χ0n) is 10.4. The molecule has 0 radical (unpaired) electrons. The molecule has 0 heterocycles. The van der Waals surface area contributed by atoms with Crippen LogP contribution in [0.3, 0.4) is 0 Å². The van der Waals surface area contributed by atoms with E-state index in [4.69, 9.17) is 0 Å². The van der Waals surface area contributed by atoms with Crippen molar-refractivity contribution in [1.29, 1.82) is 0 Å². The van der Waals surface area contributed by atoms with Crippen molar-refractivity contribution in [2.45, 2.75) is 51.6 Å². The van der Waals surface area contributed by atoms with Crippen molar-refractivity contribution in [3.05, 3.63) is 12.2 Å². The van der Waals surface area contributed by atoms with E-state index >= 15 is 0 Å². The van der Waals surface area contributed by atoms with Crippen LogP contribution in [0.15, 0.2) is 12.2 Å². The van der Waals surface area contributed by atoms with Gasteiger partial charge in [0, 0.05) is 0 Å². The molecule has 1 nitrogen and oxygen atoms in total. The Morgan fingerprint density at radius 2 is 2.00 bits per heavy atom. The molecule has 0 saturated heterocycles. The molecule has 16 heavy (non-hydrogen) atoms. The first-order chi connectivity index (χ1) is 7.66. The van der Waals surface area contributed by atoms with Gasteiger partial charge in [-0.05, 0) is 68.6 Å². The van der Waals surface area contributed by atoms with Gasteiger partial charge in [0.25, 0.3) is 0 Å². The summed E-state index contributed by atoms with van der Waals surface area (Å²) in [4.78, 5) is 0. The zero-order chi connectivity index (χ0) is 11.3. The molecule has 90 valence electrons. The lowest BCUT2D eigenvalue weighted by Gasteiger charge is -2.32. The molecule has 0 amide bonds. The maximum absolute atomic E-state index is 9.96. The minimum atomic E-state index is -0.246. The molecule has 3 rings (SSSR count). The Labute approximate surface area is 98.9 Å². The van der Waals surface area contributed by atoms with Crippen LogP contribution in [0.25, 0.3) is 0 Å². The monoisotopic (exact) mass is 220 g/mol. The number of aliphatic hydroxyl groups is 1. The van der Waals surface area contributed by atoms with Crippen LogP contribution in [0.5, 0.6) is 0 Å². The van der Waals surface area contributed by atoms with Gasteiger partial charge in [0.05, 0.1) is 6.10 Å². The lowest BCUT2D eigenvalue weighted by atomic mass is 9.73. The van der Waals surface area contributed by atoms with Gasteiger partial charge in [-0.1, -0.05) is 18.6 Å². The number of hydrogen-bond acceptors (Lipinski definition) is 1. The highest BCUT2D eigenvalue weighted by Crippen LogP contribution is 2.61. The van der Waals surface area contributed by atoms with E-state index in [0.717, 1.165) is 41.6 Å². The number of fused-ring (bicyclic) bond motifs is 5. The van der Waals surface area contributed by atoms with Crippen LogP contribution in [0, 0.1) is 29.6 Å². The minimum absolute atomic E-state index is 0.246. The summed E-state index contributed by atoms with van der Waals surface area (Å²) in [6.45, 7) is 5.83. The fraction of sp³-hybridized carbons (Fsp3) is 0.867. The summed E-state index contributed by atoms with van der Waals surface area (Å²) in [5.74, 6) is 4.87. The fourth-order valence-electron chi connectivity index (χ4n) is 4.97. The van der Waals surface area contributed by atoms with E-state index in [1.54, 1.807) is 0 Å². The first kappa shape index (κ1) is 10.8. The number of rotatable bonds is 3. The quantitative estimate of drug-likeness (QED) is 0.723. The van der Waals surface area contributed by atoms with Crippen molar-refractivity contribution in [3.8, 4) is 0 Å². The predicted octanol–water partition coefficient (Wildman–Crippen LogP) is 3.39. The summed E-state index contributed by atoms with van der Waals surface area (Å²) < 4.78 is 0. The van der Waals surface area contributed by atoms with Crippen LogP contribution in [-0.2, 0) is 0 Å². The third-order valence-corrected chi connectivity index (χ3v) is 5.66. The summed E-state index contributed by atoms with van der Waals surface area (Å²) in [6.07, 6.45) is 8.06. The number of aliphatic hydroxyl groups excluding tert-OH is 1. The summed E-state index contributed by atoms with van der Waals surface area (Å²) in [7, 11) is 0. The SMILES string of the molecule is C=C(C)C(O)CC1CC2CC1C1CCCC21. The van der Waals surface area contributed by atoms with Gasteiger partial charge in [0.15, 0.2) is 0 Å². The van der Waals surface area contributed by atoms with Gasteiger partial charge in [0.1, 0.15) is 0 Å². The molecule has 6 unspecified atom stereocenters. The lowest BCUT2D eigenvalue weighted by Crippen LogP contribution is -2.27. The Morgan fingerprint density at radius 3 is 2.75 bits per heavy atom. The normalized spacial score (nSPS) is 47.0. The fourth-order valence-corrected chi connectivity index (χ4v) is 4.97. The molecule has 3 aliphatic rings. The predicted molar refractivity (Wildman–Crippen MR) is 66.0 cm³/mol. The third-order valence-electron chi connectivity index (χ3n) is 5.66. The van der Waals surface area contributed by atoms with Crippen molar-refractivity contribution in [2.75, 3.05) is 0 Å². The van der Waals surface area contributed by atoms with Gasteiger partial charge in [-0.3, -0.25) is 0 Å². The molecule has 0 aliphatic heterocycles. The van der Waals surface area contributed by atoms with Crippen molar-refractivity contribution < 1.29 is 5.11 Å². The van der Waals surface area contributed by atoms with Crippen LogP contribution in [0.4, 0.5) is 0 Å². The van der Waals surface area contributed by atoms with Crippen LogP contribution in [0.1, 0.15) is 45.4 Å². The van der Waals surface area contributed by atoms with Crippen molar-refractivity contribution in [2.24, 2.45) is 29.6 Å². The molecule has 3 saturated carbocycles. The van der Waals surface area contributed by atoms with Crippen molar-refractivity contribution >= 4 is 0 Å². The van der Waals surface area contributed by atoms with Crippen molar-refractivity contribution in [1.82, 2.24) is 0 Å². The second kappa shape index (κ2) is 3.87. The standard InChI is InChI=1S/C15H24O/c1-9(2)15(16)8-11-6-10-7-14(11)13-5-3-4-12(10)13/h10-16H,1,3-8H2,2H3. The second-order valence-electron chi connectivity index (χ2n) is 6.51. The summed E-state index contributed by atoms with van der Waals surface area (Å²) >= 11 is 0. The highest BCUT2D eigenvalue weighted by Gasteiger charge is 2.53. The van der Waals surface area contributed by atoms with Crippen molar-refractivity contribution in [3.63, 3.8) is 0 Å². The largest absolute Gasteiger partial charge is 0.389 e. The average molecular weight is 220 g/mol. The molecular weight excluding hydrogens is 196 g/mol. The Kier molecular flexibility index (Phi) is 2.62. The Bertz CT molecular complexity index is 296. The van der Waals surface area contributed by atoms with Crippen LogP contribution >= 0.6 is 0 Å². The summed E-state index contributed by atoms with van der Waals surface area (Å²) in [5.41, 5.74) is 0.950. The smallest absolute Gasteiger partial charge is 0.0747 e. The second-order valence-corrected chi connectivity index (χ2v) is 6.51. The lowest BCUT2D eigenvalue weighted by molar-refractivity contribution is 0.119. The van der Waals surface area contributed by atoms with Crippen LogP contribution < -0.4 is 0 Å². The molecular formula is C15H24O. The molecule has 1 N–H and O–H groups in total. The molecule has 2 bridgehead atoms. The van der Waals surface area contributed by atoms with Gasteiger partial charge in [0.2, 0.25) is 0 Å². The first-order valence-corrected chi connectivity index (χ1v) is 7.00. The van der Waals surface area contributed by atoms with Gasteiger partial charge >= 0.3 is 0 Å². The maximum Gasteiger partial charge on any atom is 0.0747 e. The molecule has 0 aromatic rings. The average Bonchev–Trinajstić information content (AvgIpc) is 2.87. The summed E-state index contributed by atoms with van der Waals surface area (Å²) in [6, 6.07) is 0. The highest BCUT2D eigenvalue weighted by molar-refractivity contribution is 5.05. The molecule has 0 aromatic heterocycles. The molecule has 0 aromatic carbocycles.